The average molecular weight is 286 g/mol. The van der Waals surface area contributed by atoms with Crippen LogP contribution in [-0.4, -0.2) is 18.6 Å². The molecule has 2 aromatic rings. The number of rotatable bonds is 5. The number of nitrogens with two attached hydrogens (primary N) is 1. The van der Waals surface area contributed by atoms with Gasteiger partial charge >= 0.3 is 0 Å². The lowest BCUT2D eigenvalue weighted by Crippen LogP contribution is -1.92. The van der Waals surface area contributed by atoms with Gasteiger partial charge in [0.15, 0.2) is 0 Å². The Morgan fingerprint density at radius 2 is 2.30 bits per heavy atom. The van der Waals surface area contributed by atoms with Crippen molar-refractivity contribution in [3.8, 4) is 5.75 Å². The number of hydrogen-bond acceptors (Lipinski definition) is 4. The van der Waals surface area contributed by atoms with Crippen LogP contribution in [0.15, 0.2) is 48.6 Å². The highest BCUT2D eigenvalue weighted by atomic mass is 32.1. The molecule has 0 radical (unpaired) electrons. The molecule has 1 heterocycles. The van der Waals surface area contributed by atoms with Crippen molar-refractivity contribution in [2.75, 3.05) is 13.7 Å². The van der Waals surface area contributed by atoms with Crippen molar-refractivity contribution < 1.29 is 4.74 Å². The van der Waals surface area contributed by atoms with E-state index in [1.165, 1.54) is 0 Å². The molecule has 4 heteroatoms. The van der Waals surface area contributed by atoms with Crippen LogP contribution in [0, 0.1) is 0 Å². The number of allylic oxidation sites excluding steroid dienone is 4. The van der Waals surface area contributed by atoms with Gasteiger partial charge < -0.3 is 10.5 Å². The summed E-state index contributed by atoms with van der Waals surface area (Å²) in [5.74, 6) is 0.843. The molecule has 0 aliphatic rings. The molecule has 1 aromatic heterocycles. The predicted molar refractivity (Wildman–Crippen MR) is 87.2 cm³/mol. The monoisotopic (exact) mass is 286 g/mol. The van der Waals surface area contributed by atoms with Crippen molar-refractivity contribution in [2.45, 2.75) is 6.92 Å². The van der Waals surface area contributed by atoms with Crippen LogP contribution < -0.4 is 10.5 Å². The van der Waals surface area contributed by atoms with E-state index in [1.807, 2.05) is 43.4 Å². The van der Waals surface area contributed by atoms with Crippen molar-refractivity contribution in [3.05, 3.63) is 53.6 Å². The van der Waals surface area contributed by atoms with Crippen molar-refractivity contribution in [3.63, 3.8) is 0 Å². The van der Waals surface area contributed by atoms with Gasteiger partial charge in [0.05, 0.1) is 17.3 Å². The topological polar surface area (TPSA) is 48.1 Å². The molecule has 0 atom stereocenters. The van der Waals surface area contributed by atoms with Crippen LogP contribution in [0.2, 0.25) is 0 Å². The van der Waals surface area contributed by atoms with Gasteiger partial charge in [0, 0.05) is 12.1 Å². The van der Waals surface area contributed by atoms with Crippen LogP contribution in [0.1, 0.15) is 11.9 Å². The van der Waals surface area contributed by atoms with E-state index in [0.29, 0.717) is 6.54 Å². The van der Waals surface area contributed by atoms with E-state index in [1.54, 1.807) is 18.4 Å². The van der Waals surface area contributed by atoms with Crippen molar-refractivity contribution in [1.29, 1.82) is 0 Å². The summed E-state index contributed by atoms with van der Waals surface area (Å²) in [7, 11) is 1.67. The maximum absolute atomic E-state index is 5.53. The zero-order chi connectivity index (χ0) is 14.5. The third-order valence-electron chi connectivity index (χ3n) is 2.68. The second kappa shape index (κ2) is 6.50. The van der Waals surface area contributed by atoms with Gasteiger partial charge in [-0.25, -0.2) is 4.98 Å². The zero-order valence-electron chi connectivity index (χ0n) is 11.7. The predicted octanol–water partition coefficient (Wildman–Crippen LogP) is 3.78. The molecule has 20 heavy (non-hydrogen) atoms. The third-order valence-corrected chi connectivity index (χ3v) is 3.75. The molecule has 2 N–H and O–H groups in total. The first-order chi connectivity index (χ1) is 9.63. The highest BCUT2D eigenvalue weighted by Gasteiger charge is 2.07. The number of benzene rings is 1. The zero-order valence-corrected chi connectivity index (χ0v) is 12.5. The maximum Gasteiger partial charge on any atom is 0.124 e. The minimum Gasteiger partial charge on any atom is -0.497 e. The Morgan fingerprint density at radius 3 is 2.95 bits per heavy atom. The van der Waals surface area contributed by atoms with Gasteiger partial charge in [-0.1, -0.05) is 24.3 Å². The third kappa shape index (κ3) is 3.35. The van der Waals surface area contributed by atoms with Crippen LogP contribution in [0.5, 0.6) is 5.75 Å². The molecule has 3 nitrogen and oxygen atoms in total. The molecule has 2 rings (SSSR count). The number of nitrogens with zero attached hydrogens (tertiary/aromatic N) is 1. The fourth-order valence-corrected chi connectivity index (χ4v) is 2.79. The number of fused-ring (bicyclic) bond motifs is 1. The van der Waals surface area contributed by atoms with E-state index in [2.05, 4.69) is 11.6 Å². The van der Waals surface area contributed by atoms with E-state index in [4.69, 9.17) is 10.5 Å². The SMILES string of the molecule is C=C(C)/C=C(\C=C/CN)c1nc2ccc(OC)cc2s1. The molecule has 0 aliphatic heterocycles. The molecule has 0 saturated carbocycles. The van der Waals surface area contributed by atoms with Gasteiger partial charge in [-0.15, -0.1) is 11.3 Å². The average Bonchev–Trinajstić information content (AvgIpc) is 2.85. The normalized spacial score (nSPS) is 12.2. The first-order valence-electron chi connectivity index (χ1n) is 6.33. The molecule has 0 fully saturated rings. The van der Waals surface area contributed by atoms with Crippen LogP contribution in [-0.2, 0) is 0 Å². The number of ether oxygens (including phenoxy) is 1. The second-order valence-electron chi connectivity index (χ2n) is 4.44. The van der Waals surface area contributed by atoms with Crippen molar-refractivity contribution >= 4 is 27.1 Å². The van der Waals surface area contributed by atoms with Crippen molar-refractivity contribution in [1.82, 2.24) is 4.98 Å². The second-order valence-corrected chi connectivity index (χ2v) is 5.47. The Kier molecular flexibility index (Phi) is 4.71. The fraction of sp³-hybridized carbons (Fsp3) is 0.188. The molecule has 0 amide bonds. The summed E-state index contributed by atoms with van der Waals surface area (Å²) in [6.07, 6.45) is 5.92. The Hall–Kier alpha value is -1.91. The summed E-state index contributed by atoms with van der Waals surface area (Å²) in [6, 6.07) is 5.89. The van der Waals surface area contributed by atoms with Gasteiger partial charge in [-0.05, 0) is 31.2 Å². The largest absolute Gasteiger partial charge is 0.497 e. The minimum atomic E-state index is 0.506. The smallest absolute Gasteiger partial charge is 0.124 e. The number of aromatic nitrogens is 1. The maximum atomic E-state index is 5.53. The lowest BCUT2D eigenvalue weighted by atomic mass is 10.2. The van der Waals surface area contributed by atoms with Gasteiger partial charge in [0.1, 0.15) is 10.8 Å². The van der Waals surface area contributed by atoms with Crippen LogP contribution in [0.25, 0.3) is 15.8 Å². The molecule has 1 aromatic carbocycles. The van der Waals surface area contributed by atoms with E-state index in [0.717, 1.165) is 32.1 Å². The van der Waals surface area contributed by atoms with E-state index >= 15 is 0 Å². The molecule has 0 bridgehead atoms. The summed E-state index contributed by atoms with van der Waals surface area (Å²) in [4.78, 5) is 4.66. The van der Waals surface area contributed by atoms with Crippen LogP contribution in [0.4, 0.5) is 0 Å². The summed E-state index contributed by atoms with van der Waals surface area (Å²) < 4.78 is 6.35. The van der Waals surface area contributed by atoms with E-state index in [-0.39, 0.29) is 0 Å². The number of thiazole rings is 1. The van der Waals surface area contributed by atoms with E-state index in [9.17, 15) is 0 Å². The van der Waals surface area contributed by atoms with Gasteiger partial charge in [0.25, 0.3) is 0 Å². The molecule has 0 unspecified atom stereocenters. The highest BCUT2D eigenvalue weighted by molar-refractivity contribution is 7.19. The first-order valence-corrected chi connectivity index (χ1v) is 7.14. The Balaban J connectivity index is 2.48. The standard InChI is InChI=1S/C16H18N2OS/c1-11(2)9-12(5-4-8-17)16-18-14-7-6-13(19-3)10-15(14)20-16/h4-7,9-10H,1,8,17H2,2-3H3/b5-4-,12-9+. The van der Waals surface area contributed by atoms with Crippen molar-refractivity contribution in [2.24, 2.45) is 5.73 Å². The summed E-state index contributed by atoms with van der Waals surface area (Å²) in [5.41, 5.74) is 8.52. The fourth-order valence-electron chi connectivity index (χ4n) is 1.80. The lowest BCUT2D eigenvalue weighted by Gasteiger charge is -1.97. The molecular formula is C16H18N2OS. The van der Waals surface area contributed by atoms with Gasteiger partial charge in [-0.2, -0.15) is 0 Å². The highest BCUT2D eigenvalue weighted by Crippen LogP contribution is 2.30. The molecular weight excluding hydrogens is 268 g/mol. The van der Waals surface area contributed by atoms with Gasteiger partial charge in [0.2, 0.25) is 0 Å². The first kappa shape index (κ1) is 14.5. The summed E-state index contributed by atoms with van der Waals surface area (Å²) >= 11 is 1.63. The van der Waals surface area contributed by atoms with E-state index < -0.39 is 0 Å². The Labute approximate surface area is 123 Å². The minimum absolute atomic E-state index is 0.506. The van der Waals surface area contributed by atoms with Gasteiger partial charge in [-0.3, -0.25) is 0 Å². The quantitative estimate of drug-likeness (QED) is 0.851. The number of hydrogen-bond donors (Lipinski definition) is 1. The molecule has 0 aliphatic carbocycles. The van der Waals surface area contributed by atoms with Crippen LogP contribution >= 0.6 is 11.3 Å². The lowest BCUT2D eigenvalue weighted by molar-refractivity contribution is 0.415. The van der Waals surface area contributed by atoms with Crippen LogP contribution in [0.3, 0.4) is 0 Å². The summed E-state index contributed by atoms with van der Waals surface area (Å²) in [6.45, 7) is 6.40. The molecule has 104 valence electrons. The Bertz CT molecular complexity index is 683. The Morgan fingerprint density at radius 1 is 1.50 bits per heavy atom. The number of methoxy groups -OCH3 is 1. The molecule has 0 spiro atoms. The molecule has 0 saturated heterocycles. The summed E-state index contributed by atoms with van der Waals surface area (Å²) in [5, 5.41) is 0.959.